The van der Waals surface area contributed by atoms with Crippen LogP contribution in [0, 0.1) is 5.92 Å². The van der Waals surface area contributed by atoms with Crippen molar-refractivity contribution in [2.75, 3.05) is 12.8 Å². The van der Waals surface area contributed by atoms with E-state index in [0.717, 1.165) is 11.4 Å². The van der Waals surface area contributed by atoms with Gasteiger partial charge in [0.25, 0.3) is 0 Å². The van der Waals surface area contributed by atoms with Crippen molar-refractivity contribution in [3.05, 3.63) is 17.5 Å². The number of hydrazine groups is 1. The van der Waals surface area contributed by atoms with Gasteiger partial charge < -0.3 is 5.32 Å². The second kappa shape index (κ2) is 7.02. The van der Waals surface area contributed by atoms with Gasteiger partial charge in [-0.2, -0.15) is 9.40 Å². The van der Waals surface area contributed by atoms with Gasteiger partial charge in [0.1, 0.15) is 0 Å². The van der Waals surface area contributed by atoms with Crippen molar-refractivity contribution in [2.45, 2.75) is 52.0 Å². The van der Waals surface area contributed by atoms with E-state index in [2.05, 4.69) is 35.1 Å². The number of carbonyl (C=O) groups excluding carboxylic acids is 1. The summed E-state index contributed by atoms with van der Waals surface area (Å²) in [7, 11) is -3.20. The van der Waals surface area contributed by atoms with Crippen molar-refractivity contribution >= 4 is 15.9 Å². The molecule has 1 amide bonds. The van der Waals surface area contributed by atoms with Crippen LogP contribution >= 0.6 is 0 Å². The zero-order chi connectivity index (χ0) is 18.2. The van der Waals surface area contributed by atoms with E-state index in [9.17, 15) is 13.2 Å². The van der Waals surface area contributed by atoms with Gasteiger partial charge in [0.15, 0.2) is 0 Å². The van der Waals surface area contributed by atoms with Crippen molar-refractivity contribution in [2.24, 2.45) is 5.92 Å². The number of sulfonamides is 1. The minimum Gasteiger partial charge on any atom is -0.350 e. The molecule has 3 heterocycles. The summed E-state index contributed by atoms with van der Waals surface area (Å²) in [6.45, 7) is 5.76. The highest BCUT2D eigenvalue weighted by Crippen LogP contribution is 2.19. The van der Waals surface area contributed by atoms with Crippen LogP contribution in [0.1, 0.15) is 31.7 Å². The van der Waals surface area contributed by atoms with Crippen molar-refractivity contribution in [3.8, 4) is 0 Å². The molecular weight excluding hydrogens is 344 g/mol. The van der Waals surface area contributed by atoms with Crippen molar-refractivity contribution in [1.82, 2.24) is 30.3 Å². The lowest BCUT2D eigenvalue weighted by Crippen LogP contribution is -2.37. The summed E-state index contributed by atoms with van der Waals surface area (Å²) in [5.74, 6) is 0.247. The molecule has 1 fully saturated rings. The lowest BCUT2D eigenvalue weighted by molar-refractivity contribution is -0.122. The molecule has 1 saturated heterocycles. The molecule has 3 N–H and O–H groups in total. The topological polar surface area (TPSA) is 108 Å². The molecule has 25 heavy (non-hydrogen) atoms. The van der Waals surface area contributed by atoms with Crippen LogP contribution in [0.5, 0.6) is 0 Å². The molecular formula is C15H26N6O3S. The van der Waals surface area contributed by atoms with E-state index in [-0.39, 0.29) is 23.9 Å². The zero-order valence-electron chi connectivity index (χ0n) is 14.8. The maximum atomic E-state index is 12.2. The SMILES string of the molecule is CC1NNC(C)C1CC(=O)NCc1cc2n(n1)CCN(S(C)(=O)=O)C2. The summed E-state index contributed by atoms with van der Waals surface area (Å²) in [4.78, 5) is 12.2. The standard InChI is InChI=1S/C15H26N6O3S/c1-10-14(11(2)18-17-10)7-15(22)16-8-12-6-13-9-20(25(3,23)24)4-5-21(13)19-12/h6,10-11,14,17-18H,4-5,7-9H2,1-3H3,(H,16,22). The fourth-order valence-electron chi connectivity index (χ4n) is 3.41. The smallest absolute Gasteiger partial charge is 0.220 e. The van der Waals surface area contributed by atoms with Crippen LogP contribution in [0.15, 0.2) is 6.07 Å². The highest BCUT2D eigenvalue weighted by molar-refractivity contribution is 7.88. The Hall–Kier alpha value is -1.49. The molecule has 0 radical (unpaired) electrons. The predicted octanol–water partition coefficient (Wildman–Crippen LogP) is -0.834. The number of rotatable bonds is 5. The van der Waals surface area contributed by atoms with Crippen molar-refractivity contribution in [3.63, 3.8) is 0 Å². The predicted molar refractivity (Wildman–Crippen MR) is 92.6 cm³/mol. The Morgan fingerprint density at radius 3 is 2.64 bits per heavy atom. The van der Waals surface area contributed by atoms with Gasteiger partial charge in [0.05, 0.1) is 37.3 Å². The number of amides is 1. The lowest BCUT2D eigenvalue weighted by Gasteiger charge is -2.25. The van der Waals surface area contributed by atoms with Crippen LogP contribution in [-0.4, -0.2) is 53.3 Å². The first-order valence-corrected chi connectivity index (χ1v) is 10.4. The summed E-state index contributed by atoms with van der Waals surface area (Å²) in [5.41, 5.74) is 7.90. The molecule has 0 aromatic carbocycles. The normalized spacial score (nSPS) is 27.2. The number of nitrogens with one attached hydrogen (secondary N) is 3. The quantitative estimate of drug-likeness (QED) is 0.624. The number of nitrogens with zero attached hydrogens (tertiary/aromatic N) is 3. The van der Waals surface area contributed by atoms with E-state index in [1.54, 1.807) is 0 Å². The molecule has 0 spiro atoms. The summed E-state index contributed by atoms with van der Waals surface area (Å²) >= 11 is 0. The third-order valence-electron chi connectivity index (χ3n) is 4.99. The average Bonchev–Trinajstić information content (AvgIpc) is 3.09. The van der Waals surface area contributed by atoms with Crippen LogP contribution in [0.3, 0.4) is 0 Å². The molecule has 1 aromatic heterocycles. The first kappa shape index (κ1) is 18.3. The Balaban J connectivity index is 1.55. The summed E-state index contributed by atoms with van der Waals surface area (Å²) in [6.07, 6.45) is 1.67. The van der Waals surface area contributed by atoms with Gasteiger partial charge in [0.2, 0.25) is 15.9 Å². The van der Waals surface area contributed by atoms with Crippen LogP contribution in [-0.2, 0) is 34.5 Å². The highest BCUT2D eigenvalue weighted by Gasteiger charge is 2.31. The highest BCUT2D eigenvalue weighted by atomic mass is 32.2. The Labute approximate surface area is 148 Å². The Bertz CT molecular complexity index is 736. The molecule has 0 bridgehead atoms. The molecule has 9 nitrogen and oxygen atoms in total. The zero-order valence-corrected chi connectivity index (χ0v) is 15.6. The molecule has 2 unspecified atom stereocenters. The van der Waals surface area contributed by atoms with E-state index < -0.39 is 10.0 Å². The first-order valence-electron chi connectivity index (χ1n) is 8.52. The third-order valence-corrected chi connectivity index (χ3v) is 6.24. The minimum absolute atomic E-state index is 0.00191. The molecule has 2 aliphatic heterocycles. The fourth-order valence-corrected chi connectivity index (χ4v) is 4.19. The van der Waals surface area contributed by atoms with Crippen molar-refractivity contribution < 1.29 is 13.2 Å². The van der Waals surface area contributed by atoms with Crippen molar-refractivity contribution in [1.29, 1.82) is 0 Å². The van der Waals surface area contributed by atoms with Crippen LogP contribution < -0.4 is 16.2 Å². The maximum absolute atomic E-state index is 12.2. The molecule has 0 aliphatic carbocycles. The molecule has 10 heteroatoms. The second-order valence-electron chi connectivity index (χ2n) is 6.96. The van der Waals surface area contributed by atoms with Gasteiger partial charge in [-0.3, -0.25) is 20.3 Å². The van der Waals surface area contributed by atoms with E-state index in [1.165, 1.54) is 10.6 Å². The maximum Gasteiger partial charge on any atom is 0.220 e. The van der Waals surface area contributed by atoms with Gasteiger partial charge in [-0.1, -0.05) is 0 Å². The molecule has 3 rings (SSSR count). The molecule has 1 aromatic rings. The molecule has 140 valence electrons. The third kappa shape index (κ3) is 4.20. The lowest BCUT2D eigenvalue weighted by atomic mass is 9.93. The van der Waals surface area contributed by atoms with Crippen LogP contribution in [0.2, 0.25) is 0 Å². The van der Waals surface area contributed by atoms with E-state index >= 15 is 0 Å². The van der Waals surface area contributed by atoms with Gasteiger partial charge >= 0.3 is 0 Å². The number of hydrogen-bond acceptors (Lipinski definition) is 6. The van der Waals surface area contributed by atoms with E-state index in [0.29, 0.717) is 32.6 Å². The minimum atomic E-state index is -3.20. The van der Waals surface area contributed by atoms with Gasteiger partial charge in [0, 0.05) is 31.0 Å². The number of hydrogen-bond donors (Lipinski definition) is 3. The second-order valence-corrected chi connectivity index (χ2v) is 8.94. The Morgan fingerprint density at radius 2 is 2.00 bits per heavy atom. The van der Waals surface area contributed by atoms with Gasteiger partial charge in [-0.15, -0.1) is 0 Å². The monoisotopic (exact) mass is 370 g/mol. The molecule has 2 aliphatic rings. The summed E-state index contributed by atoms with van der Waals surface area (Å²) in [6, 6.07) is 2.37. The van der Waals surface area contributed by atoms with Crippen LogP contribution in [0.4, 0.5) is 0 Å². The van der Waals surface area contributed by atoms with Gasteiger partial charge in [-0.25, -0.2) is 8.42 Å². The van der Waals surface area contributed by atoms with Gasteiger partial charge in [-0.05, 0) is 19.9 Å². The fraction of sp³-hybridized carbons (Fsp3) is 0.733. The number of carbonyl (C=O) groups is 1. The van der Waals surface area contributed by atoms with E-state index in [4.69, 9.17) is 0 Å². The number of aromatic nitrogens is 2. The Kier molecular flexibility index (Phi) is 5.14. The van der Waals surface area contributed by atoms with Crippen LogP contribution in [0.25, 0.3) is 0 Å². The molecule has 0 saturated carbocycles. The Morgan fingerprint density at radius 1 is 1.32 bits per heavy atom. The molecule has 2 atom stereocenters. The average molecular weight is 370 g/mol. The number of fused-ring (bicyclic) bond motifs is 1. The summed E-state index contributed by atoms with van der Waals surface area (Å²) in [5, 5.41) is 7.37. The van der Waals surface area contributed by atoms with E-state index in [1.807, 2.05) is 10.7 Å². The summed E-state index contributed by atoms with van der Waals surface area (Å²) < 4.78 is 26.6. The largest absolute Gasteiger partial charge is 0.350 e. The first-order chi connectivity index (χ1) is 11.7.